The van der Waals surface area contributed by atoms with E-state index in [1.54, 1.807) is 0 Å². The second-order valence-electron chi connectivity index (χ2n) is 3.73. The summed E-state index contributed by atoms with van der Waals surface area (Å²) in [7, 11) is -6.32. The van der Waals surface area contributed by atoms with E-state index in [2.05, 4.69) is 5.43 Å². The van der Waals surface area contributed by atoms with E-state index in [1.807, 2.05) is 0 Å². The molecular weight excluding hydrogens is 240 g/mol. The van der Waals surface area contributed by atoms with Crippen LogP contribution in [0.5, 0.6) is 0 Å². The summed E-state index contributed by atoms with van der Waals surface area (Å²) in [6.45, 7) is 1.50. The molecule has 3 N–H and O–H groups in total. The average molecular weight is 258 g/mol. The largest absolute Gasteiger partial charge is 0.271 e. The standard InChI is InChI=1S/C7H18N2O4S2/c1-6(15(3,12)13)7(9-8)4-5-14(2,10)11/h6-7,9H,4-5,8H2,1-3H3. The van der Waals surface area contributed by atoms with Gasteiger partial charge in [0.05, 0.1) is 11.0 Å². The van der Waals surface area contributed by atoms with Crippen LogP contribution in [0, 0.1) is 0 Å². The van der Waals surface area contributed by atoms with Crippen molar-refractivity contribution < 1.29 is 16.8 Å². The first-order valence-corrected chi connectivity index (χ1v) is 8.42. The minimum Gasteiger partial charge on any atom is -0.271 e. The molecule has 0 aliphatic rings. The number of hydrazine groups is 1. The van der Waals surface area contributed by atoms with Gasteiger partial charge in [0.25, 0.3) is 0 Å². The molecule has 6 nitrogen and oxygen atoms in total. The third-order valence-corrected chi connectivity index (χ3v) is 4.91. The van der Waals surface area contributed by atoms with Gasteiger partial charge in [-0.2, -0.15) is 0 Å². The zero-order valence-corrected chi connectivity index (χ0v) is 10.7. The fraction of sp³-hybridized carbons (Fsp3) is 1.00. The summed E-state index contributed by atoms with van der Waals surface area (Å²) in [6.07, 6.45) is 2.39. The van der Waals surface area contributed by atoms with E-state index in [0.29, 0.717) is 0 Å². The van der Waals surface area contributed by atoms with Crippen molar-refractivity contribution in [2.75, 3.05) is 18.3 Å². The van der Waals surface area contributed by atoms with E-state index in [1.165, 1.54) is 6.92 Å². The van der Waals surface area contributed by atoms with E-state index in [9.17, 15) is 16.8 Å². The Balaban J connectivity index is 4.53. The molecule has 0 saturated heterocycles. The van der Waals surface area contributed by atoms with Crippen molar-refractivity contribution in [3.05, 3.63) is 0 Å². The highest BCUT2D eigenvalue weighted by Crippen LogP contribution is 2.08. The summed E-state index contributed by atoms with van der Waals surface area (Å²) in [6, 6.07) is -0.547. The average Bonchev–Trinajstić information content (AvgIpc) is 2.01. The quantitative estimate of drug-likeness (QED) is 0.452. The van der Waals surface area contributed by atoms with E-state index < -0.39 is 31.0 Å². The molecular formula is C7H18N2O4S2. The van der Waals surface area contributed by atoms with Crippen LogP contribution in [0.15, 0.2) is 0 Å². The Hall–Kier alpha value is -0.180. The Kier molecular flexibility index (Phi) is 5.18. The molecule has 0 aromatic carbocycles. The first-order chi connectivity index (χ1) is 6.58. The molecule has 2 atom stereocenters. The summed E-state index contributed by atoms with van der Waals surface area (Å²) in [5.74, 6) is 5.11. The number of nitrogens with one attached hydrogen (secondary N) is 1. The molecule has 0 bridgehead atoms. The molecule has 0 aromatic heterocycles. The van der Waals surface area contributed by atoms with Crippen LogP contribution >= 0.6 is 0 Å². The fourth-order valence-electron chi connectivity index (χ4n) is 1.09. The molecule has 15 heavy (non-hydrogen) atoms. The topological polar surface area (TPSA) is 106 Å². The first kappa shape index (κ1) is 14.8. The lowest BCUT2D eigenvalue weighted by Gasteiger charge is -2.21. The lowest BCUT2D eigenvalue weighted by molar-refractivity contribution is 0.483. The number of hydrogen-bond donors (Lipinski definition) is 2. The van der Waals surface area contributed by atoms with Gasteiger partial charge in [0.1, 0.15) is 9.84 Å². The number of rotatable bonds is 6. The van der Waals surface area contributed by atoms with Crippen molar-refractivity contribution >= 4 is 19.7 Å². The maximum Gasteiger partial charge on any atom is 0.151 e. The third kappa shape index (κ3) is 6.08. The Morgan fingerprint density at radius 3 is 1.93 bits per heavy atom. The number of nitrogens with two attached hydrogens (primary N) is 1. The van der Waals surface area contributed by atoms with Crippen LogP contribution in [-0.2, 0) is 19.7 Å². The molecule has 0 aliphatic carbocycles. The van der Waals surface area contributed by atoms with Crippen LogP contribution in [0.25, 0.3) is 0 Å². The second kappa shape index (κ2) is 5.24. The Morgan fingerprint density at radius 2 is 1.67 bits per heavy atom. The zero-order chi connectivity index (χ0) is 12.3. The molecule has 0 fully saturated rings. The monoisotopic (exact) mass is 258 g/mol. The molecule has 0 saturated carbocycles. The molecule has 0 amide bonds. The summed E-state index contributed by atoms with van der Waals surface area (Å²) < 4.78 is 44.2. The minimum atomic E-state index is -3.22. The van der Waals surface area contributed by atoms with Crippen molar-refractivity contribution in [2.45, 2.75) is 24.6 Å². The molecule has 0 rings (SSSR count). The predicted molar refractivity (Wildman–Crippen MR) is 59.7 cm³/mol. The van der Waals surface area contributed by atoms with Crippen LogP contribution < -0.4 is 11.3 Å². The van der Waals surface area contributed by atoms with Crippen molar-refractivity contribution in [3.8, 4) is 0 Å². The van der Waals surface area contributed by atoms with Gasteiger partial charge in [-0.1, -0.05) is 0 Å². The Bertz CT molecular complexity index is 387. The molecule has 0 aliphatic heterocycles. The minimum absolute atomic E-state index is 0.0816. The number of sulfone groups is 2. The molecule has 0 radical (unpaired) electrons. The van der Waals surface area contributed by atoms with E-state index in [4.69, 9.17) is 5.84 Å². The summed E-state index contributed by atoms with van der Waals surface area (Å²) >= 11 is 0. The highest BCUT2D eigenvalue weighted by Gasteiger charge is 2.25. The highest BCUT2D eigenvalue weighted by molar-refractivity contribution is 7.91. The van der Waals surface area contributed by atoms with E-state index >= 15 is 0 Å². The summed E-state index contributed by atoms with van der Waals surface area (Å²) in [5.41, 5.74) is 2.34. The normalized spacial score (nSPS) is 17.3. The molecule has 2 unspecified atom stereocenters. The van der Waals surface area contributed by atoms with Crippen LogP contribution in [-0.4, -0.2) is 46.4 Å². The van der Waals surface area contributed by atoms with Crippen molar-refractivity contribution in [1.82, 2.24) is 5.43 Å². The number of hydrogen-bond acceptors (Lipinski definition) is 6. The first-order valence-electron chi connectivity index (χ1n) is 4.40. The smallest absolute Gasteiger partial charge is 0.151 e. The Labute approximate surface area is 91.0 Å². The van der Waals surface area contributed by atoms with Crippen LogP contribution in [0.3, 0.4) is 0 Å². The lowest BCUT2D eigenvalue weighted by atomic mass is 10.2. The van der Waals surface area contributed by atoms with Gasteiger partial charge < -0.3 is 0 Å². The summed E-state index contributed by atoms with van der Waals surface area (Å²) in [4.78, 5) is 0. The van der Waals surface area contributed by atoms with Gasteiger partial charge in [0, 0.05) is 18.6 Å². The van der Waals surface area contributed by atoms with E-state index in [-0.39, 0.29) is 12.2 Å². The zero-order valence-electron chi connectivity index (χ0n) is 9.10. The maximum absolute atomic E-state index is 11.2. The predicted octanol–water partition coefficient (Wildman–Crippen LogP) is -1.31. The molecule has 92 valence electrons. The van der Waals surface area contributed by atoms with Crippen LogP contribution in [0.1, 0.15) is 13.3 Å². The van der Waals surface area contributed by atoms with Gasteiger partial charge in [0.2, 0.25) is 0 Å². The van der Waals surface area contributed by atoms with E-state index in [0.717, 1.165) is 12.5 Å². The van der Waals surface area contributed by atoms with Gasteiger partial charge >= 0.3 is 0 Å². The van der Waals surface area contributed by atoms with Crippen molar-refractivity contribution in [1.29, 1.82) is 0 Å². The molecule has 0 heterocycles. The SMILES string of the molecule is CC(C(CCS(C)(=O)=O)NN)S(C)(=O)=O. The van der Waals surface area contributed by atoms with Crippen molar-refractivity contribution in [3.63, 3.8) is 0 Å². The fourth-order valence-corrected chi connectivity index (χ4v) is 2.59. The third-order valence-electron chi connectivity index (χ3n) is 2.26. The molecule has 8 heteroatoms. The van der Waals surface area contributed by atoms with Gasteiger partial charge in [-0.3, -0.25) is 11.3 Å². The van der Waals surface area contributed by atoms with Gasteiger partial charge in [-0.05, 0) is 13.3 Å². The van der Waals surface area contributed by atoms with Gasteiger partial charge in [-0.25, -0.2) is 16.8 Å². The summed E-state index contributed by atoms with van der Waals surface area (Å²) in [5, 5.41) is -0.704. The Morgan fingerprint density at radius 1 is 1.20 bits per heavy atom. The second-order valence-corrected chi connectivity index (χ2v) is 8.39. The molecule has 0 spiro atoms. The van der Waals surface area contributed by atoms with Crippen LogP contribution in [0.4, 0.5) is 0 Å². The highest BCUT2D eigenvalue weighted by atomic mass is 32.2. The van der Waals surface area contributed by atoms with Crippen molar-refractivity contribution in [2.24, 2.45) is 5.84 Å². The van der Waals surface area contributed by atoms with Gasteiger partial charge in [0.15, 0.2) is 9.84 Å². The van der Waals surface area contributed by atoms with Crippen LogP contribution in [0.2, 0.25) is 0 Å². The van der Waals surface area contributed by atoms with Gasteiger partial charge in [-0.15, -0.1) is 0 Å². The lowest BCUT2D eigenvalue weighted by Crippen LogP contribution is -2.46. The maximum atomic E-state index is 11.2. The molecule has 0 aromatic rings.